The van der Waals surface area contributed by atoms with Gasteiger partial charge in [0.25, 0.3) is 15.9 Å². The van der Waals surface area contributed by atoms with Gasteiger partial charge < -0.3 is 10.1 Å². The summed E-state index contributed by atoms with van der Waals surface area (Å²) in [5, 5.41) is 3.76. The van der Waals surface area contributed by atoms with Crippen molar-refractivity contribution < 1.29 is 17.9 Å². The molecule has 0 spiro atoms. The minimum atomic E-state index is -3.68. The van der Waals surface area contributed by atoms with Crippen LogP contribution in [0.1, 0.15) is 22.5 Å². The fraction of sp³-hybridized carbons (Fsp3) is 0.286. The van der Waals surface area contributed by atoms with Crippen molar-refractivity contribution in [1.82, 2.24) is 5.32 Å². The van der Waals surface area contributed by atoms with Crippen LogP contribution in [0, 0.1) is 0 Å². The number of anilines is 1. The van der Waals surface area contributed by atoms with E-state index >= 15 is 0 Å². The van der Waals surface area contributed by atoms with Crippen LogP contribution in [-0.2, 0) is 14.8 Å². The van der Waals surface area contributed by atoms with Crippen LogP contribution >= 0.6 is 27.3 Å². The number of amides is 1. The second-order valence-electron chi connectivity index (χ2n) is 7.10. The van der Waals surface area contributed by atoms with E-state index in [2.05, 4.69) is 21.2 Å². The van der Waals surface area contributed by atoms with Gasteiger partial charge in [0.15, 0.2) is 0 Å². The maximum Gasteiger partial charge on any atom is 0.264 e. The highest BCUT2D eigenvalue weighted by molar-refractivity contribution is 9.10. The number of sulfonamides is 1. The number of rotatable bonds is 6. The summed E-state index contributed by atoms with van der Waals surface area (Å²) in [7, 11) is -2.15. The van der Waals surface area contributed by atoms with Crippen LogP contribution in [0.4, 0.5) is 5.69 Å². The van der Waals surface area contributed by atoms with Crippen molar-refractivity contribution in [2.24, 2.45) is 0 Å². The summed E-state index contributed by atoms with van der Waals surface area (Å²) < 4.78 is 34.4. The van der Waals surface area contributed by atoms with E-state index in [4.69, 9.17) is 4.74 Å². The maximum atomic E-state index is 12.9. The lowest BCUT2D eigenvalue weighted by atomic mass is 10.2. The van der Waals surface area contributed by atoms with Crippen molar-refractivity contribution in [2.75, 3.05) is 24.5 Å². The number of halogens is 1. The lowest BCUT2D eigenvalue weighted by Gasteiger charge is -2.19. The van der Waals surface area contributed by atoms with Crippen molar-refractivity contribution in [2.45, 2.75) is 23.8 Å². The SMILES string of the molecule is CN(c1ccc2sc(C(=O)NC[C@H]3CCCO3)cc2c1)S(=O)(=O)c1ccc(Br)cc1. The Bertz CT molecular complexity index is 1170. The van der Waals surface area contributed by atoms with Crippen molar-refractivity contribution in [3.05, 3.63) is 57.9 Å². The molecule has 2 heterocycles. The third kappa shape index (κ3) is 4.39. The standard InChI is InChI=1S/C21H21BrN2O4S2/c1-24(30(26,27)18-7-4-15(22)5-8-18)16-6-9-19-14(11-16)12-20(29-19)21(25)23-13-17-3-2-10-28-17/h4-9,11-12,17H,2-3,10,13H2,1H3,(H,23,25)/t17-/m1/s1. The average Bonchev–Trinajstić information content (AvgIpc) is 3.40. The Morgan fingerprint density at radius 3 is 2.70 bits per heavy atom. The third-order valence-electron chi connectivity index (χ3n) is 5.07. The predicted molar refractivity (Wildman–Crippen MR) is 123 cm³/mol. The zero-order valence-corrected chi connectivity index (χ0v) is 19.5. The number of hydrogen-bond donors (Lipinski definition) is 1. The Labute approximate surface area is 188 Å². The number of nitrogens with one attached hydrogen (secondary N) is 1. The molecule has 1 saturated heterocycles. The normalized spacial score (nSPS) is 16.7. The van der Waals surface area contributed by atoms with Crippen LogP contribution in [0.2, 0.25) is 0 Å². The van der Waals surface area contributed by atoms with Gasteiger partial charge in [-0.25, -0.2) is 8.42 Å². The van der Waals surface area contributed by atoms with Gasteiger partial charge in [-0.2, -0.15) is 0 Å². The highest BCUT2D eigenvalue weighted by Gasteiger charge is 2.22. The molecule has 1 aliphatic rings. The third-order valence-corrected chi connectivity index (χ3v) is 8.52. The van der Waals surface area contributed by atoms with E-state index in [-0.39, 0.29) is 16.9 Å². The molecule has 158 valence electrons. The van der Waals surface area contributed by atoms with Crippen molar-refractivity contribution in [3.8, 4) is 0 Å². The molecular weight excluding hydrogens is 488 g/mol. The molecule has 1 atom stereocenters. The van der Waals surface area contributed by atoms with Crippen LogP contribution in [0.25, 0.3) is 10.1 Å². The van der Waals surface area contributed by atoms with Gasteiger partial charge in [0.05, 0.1) is 21.6 Å². The molecule has 0 unspecified atom stereocenters. The monoisotopic (exact) mass is 508 g/mol. The topological polar surface area (TPSA) is 75.7 Å². The minimum Gasteiger partial charge on any atom is -0.376 e. The number of thiophene rings is 1. The number of carbonyl (C=O) groups is 1. The molecule has 1 aliphatic heterocycles. The Balaban J connectivity index is 1.54. The van der Waals surface area contributed by atoms with Crippen molar-refractivity contribution in [3.63, 3.8) is 0 Å². The first kappa shape index (κ1) is 21.3. The van der Waals surface area contributed by atoms with Crippen LogP contribution in [0.15, 0.2) is 57.9 Å². The molecular formula is C21H21BrN2O4S2. The molecule has 0 bridgehead atoms. The molecule has 2 aromatic carbocycles. The number of benzene rings is 2. The molecule has 3 aromatic rings. The minimum absolute atomic E-state index is 0.0902. The van der Waals surface area contributed by atoms with E-state index in [1.807, 2.05) is 6.07 Å². The first-order valence-corrected chi connectivity index (χ1v) is 12.6. The Kier molecular flexibility index (Phi) is 6.15. The van der Waals surface area contributed by atoms with E-state index in [9.17, 15) is 13.2 Å². The summed E-state index contributed by atoms with van der Waals surface area (Å²) in [6.07, 6.45) is 2.09. The van der Waals surface area contributed by atoms with Crippen LogP contribution in [-0.4, -0.2) is 40.6 Å². The van der Waals surface area contributed by atoms with Crippen LogP contribution in [0.3, 0.4) is 0 Å². The highest BCUT2D eigenvalue weighted by atomic mass is 79.9. The molecule has 4 rings (SSSR count). The van der Waals surface area contributed by atoms with Gasteiger partial charge in [0.2, 0.25) is 0 Å². The fourth-order valence-electron chi connectivity index (χ4n) is 3.34. The molecule has 1 N–H and O–H groups in total. The van der Waals surface area contributed by atoms with Gasteiger partial charge >= 0.3 is 0 Å². The lowest BCUT2D eigenvalue weighted by Crippen LogP contribution is -2.31. The molecule has 6 nitrogen and oxygen atoms in total. The molecule has 30 heavy (non-hydrogen) atoms. The van der Waals surface area contributed by atoms with E-state index in [0.717, 1.165) is 34.0 Å². The van der Waals surface area contributed by atoms with Crippen LogP contribution < -0.4 is 9.62 Å². The summed E-state index contributed by atoms with van der Waals surface area (Å²) in [5.74, 6) is -0.135. The molecule has 0 aliphatic carbocycles. The van der Waals surface area contributed by atoms with E-state index in [0.29, 0.717) is 17.1 Å². The van der Waals surface area contributed by atoms with E-state index in [1.165, 1.54) is 22.7 Å². The van der Waals surface area contributed by atoms with Crippen molar-refractivity contribution in [1.29, 1.82) is 0 Å². The van der Waals surface area contributed by atoms with E-state index in [1.54, 1.807) is 42.5 Å². The maximum absolute atomic E-state index is 12.9. The molecule has 9 heteroatoms. The van der Waals surface area contributed by atoms with Gasteiger partial charge in [-0.15, -0.1) is 11.3 Å². The van der Waals surface area contributed by atoms with Gasteiger partial charge in [-0.05, 0) is 66.8 Å². The zero-order valence-electron chi connectivity index (χ0n) is 16.3. The van der Waals surface area contributed by atoms with Gasteiger partial charge in [0, 0.05) is 29.4 Å². The molecule has 1 fully saturated rings. The van der Waals surface area contributed by atoms with Gasteiger partial charge in [-0.1, -0.05) is 15.9 Å². The first-order valence-electron chi connectivity index (χ1n) is 9.52. The summed E-state index contributed by atoms with van der Waals surface area (Å²) in [6.45, 7) is 1.26. The Morgan fingerprint density at radius 1 is 1.23 bits per heavy atom. The smallest absolute Gasteiger partial charge is 0.264 e. The second-order valence-corrected chi connectivity index (χ2v) is 11.1. The largest absolute Gasteiger partial charge is 0.376 e. The summed E-state index contributed by atoms with van der Waals surface area (Å²) in [4.78, 5) is 13.3. The molecule has 0 saturated carbocycles. The number of hydrogen-bond acceptors (Lipinski definition) is 5. The van der Waals surface area contributed by atoms with Gasteiger partial charge in [-0.3, -0.25) is 9.10 Å². The molecule has 1 aromatic heterocycles. The Hall–Kier alpha value is -1.94. The lowest BCUT2D eigenvalue weighted by molar-refractivity contribution is 0.0861. The first-order chi connectivity index (χ1) is 14.3. The summed E-state index contributed by atoms with van der Waals surface area (Å²) in [5.41, 5.74) is 0.537. The zero-order chi connectivity index (χ0) is 21.3. The Morgan fingerprint density at radius 2 is 2.00 bits per heavy atom. The van der Waals surface area contributed by atoms with Gasteiger partial charge in [0.1, 0.15) is 0 Å². The second kappa shape index (κ2) is 8.66. The predicted octanol–water partition coefficient (Wildman–Crippen LogP) is 4.40. The van der Waals surface area contributed by atoms with E-state index < -0.39 is 10.0 Å². The fourth-order valence-corrected chi connectivity index (χ4v) is 5.75. The highest BCUT2D eigenvalue weighted by Crippen LogP contribution is 2.31. The quantitative estimate of drug-likeness (QED) is 0.535. The molecule has 1 amide bonds. The summed E-state index contributed by atoms with van der Waals surface area (Å²) >= 11 is 4.71. The van der Waals surface area contributed by atoms with Crippen LogP contribution in [0.5, 0.6) is 0 Å². The van der Waals surface area contributed by atoms with Crippen molar-refractivity contribution >= 4 is 59.0 Å². The number of carbonyl (C=O) groups excluding carboxylic acids is 1. The number of ether oxygens (including phenoxy) is 1. The number of fused-ring (bicyclic) bond motifs is 1. The molecule has 0 radical (unpaired) electrons. The number of nitrogens with zero attached hydrogens (tertiary/aromatic N) is 1. The average molecular weight is 509 g/mol. The summed E-state index contributed by atoms with van der Waals surface area (Å²) in [6, 6.07) is 13.7.